The maximum Gasteiger partial charge on any atom is 0.221 e. The van der Waals surface area contributed by atoms with Crippen molar-refractivity contribution in [3.8, 4) is 0 Å². The van der Waals surface area contributed by atoms with Gasteiger partial charge in [0.25, 0.3) is 0 Å². The summed E-state index contributed by atoms with van der Waals surface area (Å²) in [6.45, 7) is 2.64. The quantitative estimate of drug-likeness (QED) is 0.757. The molecule has 0 fully saturated rings. The van der Waals surface area contributed by atoms with Gasteiger partial charge in [-0.2, -0.15) is 0 Å². The van der Waals surface area contributed by atoms with Crippen LogP contribution in [0.25, 0.3) is 0 Å². The lowest BCUT2D eigenvalue weighted by molar-refractivity contribution is -0.115. The number of benzene rings is 2. The van der Waals surface area contributed by atoms with Crippen LogP contribution in [0.15, 0.2) is 36.4 Å². The Morgan fingerprint density at radius 2 is 1.08 bits per heavy atom. The molecule has 0 aromatic heterocycles. The van der Waals surface area contributed by atoms with Crippen LogP contribution in [0.2, 0.25) is 0 Å². The van der Waals surface area contributed by atoms with E-state index in [4.69, 9.17) is 0 Å². The second kappa shape index (κ2) is 5.73. The number of hydrogen-bond acceptors (Lipinski definition) is 4. The first kappa shape index (κ1) is 15.6. The molecule has 0 atom stereocenters. The predicted octanol–water partition coefficient (Wildman–Crippen LogP) is 2.38. The largest absolute Gasteiger partial charge is 0.325 e. The summed E-state index contributed by atoms with van der Waals surface area (Å²) in [5.74, 6) is -1.28. The Morgan fingerprint density at radius 1 is 0.708 bits per heavy atom. The van der Waals surface area contributed by atoms with Crippen LogP contribution in [0.4, 0.5) is 11.4 Å². The lowest BCUT2D eigenvalue weighted by atomic mass is 9.83. The molecule has 120 valence electrons. The summed E-state index contributed by atoms with van der Waals surface area (Å²) in [6.07, 6.45) is 0. The van der Waals surface area contributed by atoms with Crippen LogP contribution in [0.1, 0.15) is 45.7 Å². The lowest BCUT2D eigenvalue weighted by Crippen LogP contribution is -2.22. The van der Waals surface area contributed by atoms with Gasteiger partial charge in [-0.1, -0.05) is 24.3 Å². The Balaban J connectivity index is 2.21. The Kier molecular flexibility index (Phi) is 3.73. The van der Waals surface area contributed by atoms with Crippen molar-refractivity contribution < 1.29 is 19.2 Å². The van der Waals surface area contributed by atoms with Crippen LogP contribution in [0.5, 0.6) is 0 Å². The van der Waals surface area contributed by atoms with Gasteiger partial charge in [-0.05, 0) is 12.1 Å². The van der Waals surface area contributed by atoms with Crippen LogP contribution in [0, 0.1) is 0 Å². The Bertz CT molecular complexity index is 841. The SMILES string of the molecule is CC(=O)Nc1cc2c(cc1NC(C)=O)C(=O)c1ccccc1C2=O. The molecule has 2 amide bonds. The number of carbonyl (C=O) groups excluding carboxylic acids is 4. The molecule has 0 bridgehead atoms. The first-order chi connectivity index (χ1) is 11.4. The highest BCUT2D eigenvalue weighted by molar-refractivity contribution is 6.29. The normalized spacial score (nSPS) is 12.2. The van der Waals surface area contributed by atoms with Gasteiger partial charge in [-0.25, -0.2) is 0 Å². The zero-order valence-corrected chi connectivity index (χ0v) is 13.1. The molecule has 2 aromatic rings. The van der Waals surface area contributed by atoms with E-state index < -0.39 is 0 Å². The predicted molar refractivity (Wildman–Crippen MR) is 88.4 cm³/mol. The van der Waals surface area contributed by atoms with Gasteiger partial charge in [0.1, 0.15) is 0 Å². The number of hydrogen-bond donors (Lipinski definition) is 2. The molecule has 0 spiro atoms. The molecule has 2 aromatic carbocycles. The van der Waals surface area contributed by atoms with Crippen molar-refractivity contribution in [2.24, 2.45) is 0 Å². The van der Waals surface area contributed by atoms with Crippen molar-refractivity contribution >= 4 is 34.8 Å². The zero-order valence-electron chi connectivity index (χ0n) is 13.1. The van der Waals surface area contributed by atoms with Gasteiger partial charge < -0.3 is 10.6 Å². The molecule has 1 aliphatic carbocycles. The summed E-state index contributed by atoms with van der Waals surface area (Å²) in [4.78, 5) is 48.1. The van der Waals surface area contributed by atoms with Crippen molar-refractivity contribution in [1.29, 1.82) is 0 Å². The van der Waals surface area contributed by atoms with Crippen molar-refractivity contribution in [3.63, 3.8) is 0 Å². The number of anilines is 2. The molecule has 0 radical (unpaired) electrons. The number of rotatable bonds is 2. The van der Waals surface area contributed by atoms with E-state index in [1.54, 1.807) is 24.3 Å². The lowest BCUT2D eigenvalue weighted by Gasteiger charge is -2.20. The minimum atomic E-state index is -0.350. The van der Waals surface area contributed by atoms with E-state index in [0.717, 1.165) is 0 Å². The van der Waals surface area contributed by atoms with Crippen LogP contribution in [-0.2, 0) is 9.59 Å². The van der Waals surface area contributed by atoms with E-state index in [0.29, 0.717) is 11.1 Å². The van der Waals surface area contributed by atoms with E-state index in [-0.39, 0.29) is 45.9 Å². The summed E-state index contributed by atoms with van der Waals surface area (Å²) in [7, 11) is 0. The van der Waals surface area contributed by atoms with E-state index in [1.165, 1.54) is 26.0 Å². The van der Waals surface area contributed by atoms with Crippen LogP contribution >= 0.6 is 0 Å². The maximum absolute atomic E-state index is 12.7. The van der Waals surface area contributed by atoms with Gasteiger partial charge in [0.2, 0.25) is 11.8 Å². The van der Waals surface area contributed by atoms with Crippen molar-refractivity contribution in [2.75, 3.05) is 10.6 Å². The fourth-order valence-electron chi connectivity index (χ4n) is 2.73. The fourth-order valence-corrected chi connectivity index (χ4v) is 2.73. The molecule has 6 heteroatoms. The second-order valence-corrected chi connectivity index (χ2v) is 5.51. The number of nitrogens with one attached hydrogen (secondary N) is 2. The number of amides is 2. The van der Waals surface area contributed by atoms with Crippen molar-refractivity contribution in [2.45, 2.75) is 13.8 Å². The van der Waals surface area contributed by atoms with Gasteiger partial charge in [0, 0.05) is 36.1 Å². The molecule has 24 heavy (non-hydrogen) atoms. The molecule has 3 rings (SSSR count). The third-order valence-corrected chi connectivity index (χ3v) is 3.68. The monoisotopic (exact) mass is 322 g/mol. The van der Waals surface area contributed by atoms with E-state index in [1.807, 2.05) is 0 Å². The van der Waals surface area contributed by atoms with Gasteiger partial charge in [-0.15, -0.1) is 0 Å². The summed E-state index contributed by atoms with van der Waals surface area (Å²) < 4.78 is 0. The maximum atomic E-state index is 12.7. The summed E-state index contributed by atoms with van der Waals surface area (Å²) in [5, 5.41) is 5.14. The third-order valence-electron chi connectivity index (χ3n) is 3.68. The Hall–Kier alpha value is -3.28. The average Bonchev–Trinajstić information content (AvgIpc) is 2.53. The molecular formula is C18H14N2O4. The van der Waals surface area contributed by atoms with Gasteiger partial charge in [-0.3, -0.25) is 19.2 Å². The summed E-state index contributed by atoms with van der Waals surface area (Å²) in [6, 6.07) is 9.43. The van der Waals surface area contributed by atoms with Crippen LogP contribution < -0.4 is 10.6 Å². The first-order valence-electron chi connectivity index (χ1n) is 7.30. The van der Waals surface area contributed by atoms with E-state index >= 15 is 0 Å². The highest BCUT2D eigenvalue weighted by atomic mass is 16.2. The molecule has 2 N–H and O–H groups in total. The average molecular weight is 322 g/mol. The molecule has 0 saturated heterocycles. The number of carbonyl (C=O) groups is 4. The van der Waals surface area contributed by atoms with E-state index in [2.05, 4.69) is 10.6 Å². The topological polar surface area (TPSA) is 92.3 Å². The van der Waals surface area contributed by atoms with E-state index in [9.17, 15) is 19.2 Å². The minimum Gasteiger partial charge on any atom is -0.325 e. The molecule has 0 aliphatic heterocycles. The smallest absolute Gasteiger partial charge is 0.221 e. The summed E-state index contributed by atoms with van der Waals surface area (Å²) in [5.41, 5.74) is 1.62. The Morgan fingerprint density at radius 3 is 1.42 bits per heavy atom. The first-order valence-corrected chi connectivity index (χ1v) is 7.30. The van der Waals surface area contributed by atoms with Gasteiger partial charge in [0.15, 0.2) is 11.6 Å². The van der Waals surface area contributed by atoms with Crippen molar-refractivity contribution in [3.05, 3.63) is 58.7 Å². The minimum absolute atomic E-state index is 0.205. The standard InChI is InChI=1S/C18H14N2O4/c1-9(21)19-15-7-13-14(8-16(15)20-10(2)22)18(24)12-6-4-3-5-11(12)17(13)23/h3-8H,1-2H3,(H,19,21)(H,20,22). The van der Waals surface area contributed by atoms with Crippen LogP contribution in [-0.4, -0.2) is 23.4 Å². The Labute approximate surface area is 137 Å². The highest BCUT2D eigenvalue weighted by Gasteiger charge is 2.30. The van der Waals surface area contributed by atoms with Gasteiger partial charge >= 0.3 is 0 Å². The van der Waals surface area contributed by atoms with Gasteiger partial charge in [0.05, 0.1) is 11.4 Å². The molecule has 1 aliphatic rings. The molecular weight excluding hydrogens is 308 g/mol. The van der Waals surface area contributed by atoms with Crippen LogP contribution in [0.3, 0.4) is 0 Å². The molecule has 6 nitrogen and oxygen atoms in total. The number of ketones is 2. The zero-order chi connectivity index (χ0) is 17.4. The summed E-state index contributed by atoms with van der Waals surface area (Å²) >= 11 is 0. The number of fused-ring (bicyclic) bond motifs is 2. The fraction of sp³-hybridized carbons (Fsp3) is 0.111. The second-order valence-electron chi connectivity index (χ2n) is 5.51. The molecule has 0 unspecified atom stereocenters. The molecule has 0 saturated carbocycles. The highest BCUT2D eigenvalue weighted by Crippen LogP contribution is 2.33. The third kappa shape index (κ3) is 2.58. The van der Waals surface area contributed by atoms with Crippen molar-refractivity contribution in [1.82, 2.24) is 0 Å². The molecule has 0 heterocycles.